The molecule has 3 rings (SSSR count). The van der Waals surface area contributed by atoms with Gasteiger partial charge in [0.2, 0.25) is 29.5 Å². The van der Waals surface area contributed by atoms with E-state index in [1.165, 1.54) is 19.4 Å². The molecule has 0 saturated heterocycles. The number of aromatic nitrogens is 3. The molecule has 0 fully saturated rings. The van der Waals surface area contributed by atoms with Crippen LogP contribution in [0.2, 0.25) is 0 Å². The van der Waals surface area contributed by atoms with Crippen LogP contribution in [0.1, 0.15) is 32.0 Å². The van der Waals surface area contributed by atoms with Gasteiger partial charge in [-0.15, -0.1) is 0 Å². The number of carbonyl (C=O) groups excluding carboxylic acids is 5. The Kier molecular flexibility index (Phi) is 13.8. The zero-order valence-corrected chi connectivity index (χ0v) is 27.2. The Morgan fingerprint density at radius 3 is 2.14 bits per heavy atom. The van der Waals surface area contributed by atoms with E-state index in [0.29, 0.717) is 11.3 Å². The van der Waals surface area contributed by atoms with E-state index < -0.39 is 90.9 Å². The molecule has 1 aromatic carbocycles. The number of nitrogens with two attached hydrogens (primary N) is 1. The first-order valence-corrected chi connectivity index (χ1v) is 15.5. The number of carboxylic acids is 1. The van der Waals surface area contributed by atoms with Crippen molar-refractivity contribution in [3.8, 4) is 0 Å². The lowest BCUT2D eigenvalue weighted by atomic mass is 10.0. The van der Waals surface area contributed by atoms with Crippen LogP contribution in [0, 0.1) is 5.92 Å². The number of fused-ring (bicyclic) bond motifs is 1. The van der Waals surface area contributed by atoms with Crippen LogP contribution in [0.3, 0.4) is 0 Å². The monoisotopic (exact) mass is 685 g/mol. The third kappa shape index (κ3) is 10.8. The number of aromatic amines is 2. The van der Waals surface area contributed by atoms with Crippen LogP contribution in [-0.2, 0) is 41.6 Å². The fraction of sp³-hybridized carbons (Fsp3) is 0.452. The molecule has 266 valence electrons. The molecule has 18 heteroatoms. The van der Waals surface area contributed by atoms with E-state index in [9.17, 15) is 44.1 Å². The summed E-state index contributed by atoms with van der Waals surface area (Å²) in [6, 6.07) is 0.551. The Morgan fingerprint density at radius 2 is 1.53 bits per heavy atom. The number of nitrogens with one attached hydrogen (secondary N) is 7. The Balaban J connectivity index is 1.73. The summed E-state index contributed by atoms with van der Waals surface area (Å²) in [4.78, 5) is 86.5. The molecule has 0 radical (unpaired) electrons. The van der Waals surface area contributed by atoms with Gasteiger partial charge in [-0.05, 0) is 24.5 Å². The summed E-state index contributed by atoms with van der Waals surface area (Å²) in [6.45, 7) is 3.11. The number of carbonyl (C=O) groups is 6. The Hall–Kier alpha value is -5.33. The fourth-order valence-electron chi connectivity index (χ4n) is 4.87. The minimum atomic E-state index is -1.59. The molecule has 0 aliphatic carbocycles. The van der Waals surface area contributed by atoms with Gasteiger partial charge in [0.15, 0.2) is 0 Å². The first-order valence-electron chi connectivity index (χ1n) is 15.5. The standard InChI is InChI=1S/C31H43N9O9/c1-15(2)25(31(48)49)40-29(46)22(8-17-10-34-21-7-5-4-6-19(17)21)38-30(47)26(16(3)42)39-24(43)12-35-28(45)23(9-18-11-33-14-36-18)37-27(44)20(32)13-41/h4-7,10-11,14-16,20,22-23,25-26,34,41-42H,8-9,12-13,32H2,1-3H3,(H,33,36)(H,35,45)(H,37,44)(H,38,47)(H,39,43)(H,40,46)(H,48,49)/t16-,20+,22+,23+,25+,26+/m1/s1. The summed E-state index contributed by atoms with van der Waals surface area (Å²) in [7, 11) is 0. The Bertz CT molecular complexity index is 1610. The lowest BCUT2D eigenvalue weighted by Gasteiger charge is -2.26. The maximum Gasteiger partial charge on any atom is 0.326 e. The molecule has 0 saturated carbocycles. The number of aliphatic hydroxyl groups is 2. The number of carboxylic acid groups (broad SMARTS) is 1. The summed E-state index contributed by atoms with van der Waals surface area (Å²) in [5, 5.41) is 42.1. The maximum absolute atomic E-state index is 13.5. The van der Waals surface area contributed by atoms with Gasteiger partial charge in [0, 0.05) is 41.8 Å². The second-order valence-electron chi connectivity index (χ2n) is 11.8. The average molecular weight is 686 g/mol. The molecule has 0 aliphatic rings. The molecule has 0 aliphatic heterocycles. The van der Waals surface area contributed by atoms with Gasteiger partial charge < -0.3 is 57.6 Å². The number of aliphatic carboxylic acids is 1. The molecule has 49 heavy (non-hydrogen) atoms. The van der Waals surface area contributed by atoms with Crippen LogP contribution in [0.4, 0.5) is 0 Å². The summed E-state index contributed by atoms with van der Waals surface area (Å²) in [6.07, 6.45) is 2.86. The van der Waals surface area contributed by atoms with Gasteiger partial charge in [-0.3, -0.25) is 24.0 Å². The highest BCUT2D eigenvalue weighted by Crippen LogP contribution is 2.19. The van der Waals surface area contributed by atoms with Crippen molar-refractivity contribution in [2.75, 3.05) is 13.2 Å². The van der Waals surface area contributed by atoms with Gasteiger partial charge in [0.25, 0.3) is 0 Å². The number of imidazole rings is 1. The highest BCUT2D eigenvalue weighted by atomic mass is 16.4. The fourth-order valence-corrected chi connectivity index (χ4v) is 4.87. The molecule has 0 unspecified atom stereocenters. The predicted molar refractivity (Wildman–Crippen MR) is 174 cm³/mol. The smallest absolute Gasteiger partial charge is 0.326 e. The van der Waals surface area contributed by atoms with E-state index >= 15 is 0 Å². The van der Waals surface area contributed by atoms with E-state index in [2.05, 4.69) is 41.5 Å². The van der Waals surface area contributed by atoms with E-state index in [1.54, 1.807) is 26.1 Å². The lowest BCUT2D eigenvalue weighted by Crippen LogP contribution is -2.60. The van der Waals surface area contributed by atoms with Crippen LogP contribution < -0.4 is 32.3 Å². The summed E-state index contributed by atoms with van der Waals surface area (Å²) in [5.74, 6) is -6.00. The first kappa shape index (κ1) is 38.1. The van der Waals surface area contributed by atoms with Crippen LogP contribution in [0.5, 0.6) is 0 Å². The Labute approximate surface area is 281 Å². The van der Waals surface area contributed by atoms with Crippen molar-refractivity contribution in [2.45, 2.75) is 69.9 Å². The quantitative estimate of drug-likeness (QED) is 0.0649. The molecule has 5 amide bonds. The second-order valence-corrected chi connectivity index (χ2v) is 11.8. The van der Waals surface area contributed by atoms with Crippen molar-refractivity contribution >= 4 is 46.4 Å². The number of hydrogen-bond acceptors (Lipinski definition) is 10. The second kappa shape index (κ2) is 17.7. The van der Waals surface area contributed by atoms with Crippen molar-refractivity contribution < 1.29 is 44.1 Å². The number of nitrogens with zero attached hydrogens (tertiary/aromatic N) is 1. The maximum atomic E-state index is 13.5. The summed E-state index contributed by atoms with van der Waals surface area (Å²) in [5.41, 5.74) is 7.43. The van der Waals surface area contributed by atoms with Gasteiger partial charge in [-0.1, -0.05) is 32.0 Å². The molecule has 0 spiro atoms. The number of H-pyrrole nitrogens is 2. The number of para-hydroxylation sites is 1. The van der Waals surface area contributed by atoms with Gasteiger partial charge in [-0.2, -0.15) is 0 Å². The number of benzene rings is 1. The molecule has 12 N–H and O–H groups in total. The van der Waals surface area contributed by atoms with Gasteiger partial charge in [0.05, 0.1) is 25.6 Å². The third-order valence-corrected chi connectivity index (χ3v) is 7.61. The van der Waals surface area contributed by atoms with Crippen LogP contribution >= 0.6 is 0 Å². The topological polar surface area (TPSA) is 294 Å². The van der Waals surface area contributed by atoms with Gasteiger partial charge in [0.1, 0.15) is 30.2 Å². The van der Waals surface area contributed by atoms with Crippen molar-refractivity contribution in [3.63, 3.8) is 0 Å². The Morgan fingerprint density at radius 1 is 0.857 bits per heavy atom. The molecule has 6 atom stereocenters. The molecule has 2 heterocycles. The van der Waals surface area contributed by atoms with Crippen molar-refractivity contribution in [3.05, 3.63) is 54.2 Å². The zero-order valence-electron chi connectivity index (χ0n) is 27.2. The largest absolute Gasteiger partial charge is 0.480 e. The SMILES string of the molecule is CC(C)[C@H](NC(=O)[C@H](Cc1c[nH]c2ccccc12)NC(=O)[C@@H](NC(=O)CNC(=O)[C@H](Cc1cnc[nH]1)NC(=O)[C@@H](N)CO)[C@@H](C)O)C(=O)O. The van der Waals surface area contributed by atoms with E-state index in [1.807, 2.05) is 18.2 Å². The predicted octanol–water partition coefficient (Wildman–Crippen LogP) is -2.83. The molecular formula is C31H43N9O9. The van der Waals surface area contributed by atoms with Crippen molar-refractivity contribution in [1.82, 2.24) is 41.5 Å². The van der Waals surface area contributed by atoms with Crippen LogP contribution in [0.15, 0.2) is 43.0 Å². The van der Waals surface area contributed by atoms with Gasteiger partial charge in [-0.25, -0.2) is 9.78 Å². The minimum absolute atomic E-state index is 0.0600. The van der Waals surface area contributed by atoms with E-state index in [4.69, 9.17) is 5.73 Å². The number of hydrogen-bond donors (Lipinski definition) is 11. The third-order valence-electron chi connectivity index (χ3n) is 7.61. The van der Waals surface area contributed by atoms with E-state index in [0.717, 1.165) is 10.9 Å². The summed E-state index contributed by atoms with van der Waals surface area (Å²) < 4.78 is 0. The molecular weight excluding hydrogens is 642 g/mol. The van der Waals surface area contributed by atoms with Crippen molar-refractivity contribution in [1.29, 1.82) is 0 Å². The van der Waals surface area contributed by atoms with Crippen LogP contribution in [0.25, 0.3) is 10.9 Å². The zero-order chi connectivity index (χ0) is 36.2. The summed E-state index contributed by atoms with van der Waals surface area (Å²) >= 11 is 0. The first-order chi connectivity index (χ1) is 23.2. The van der Waals surface area contributed by atoms with Gasteiger partial charge >= 0.3 is 5.97 Å². The number of amides is 5. The molecule has 18 nitrogen and oxygen atoms in total. The molecule has 0 bridgehead atoms. The van der Waals surface area contributed by atoms with Crippen LogP contribution in [-0.4, -0.2) is 115 Å². The lowest BCUT2D eigenvalue weighted by molar-refractivity contribution is -0.143. The molecule has 2 aromatic heterocycles. The van der Waals surface area contributed by atoms with Crippen molar-refractivity contribution in [2.24, 2.45) is 11.7 Å². The highest BCUT2D eigenvalue weighted by Gasteiger charge is 2.33. The molecule has 3 aromatic rings. The minimum Gasteiger partial charge on any atom is -0.480 e. The average Bonchev–Trinajstić information content (AvgIpc) is 3.73. The normalized spacial score (nSPS) is 14.9. The number of rotatable bonds is 18. The number of aliphatic hydroxyl groups excluding tert-OH is 2. The van der Waals surface area contributed by atoms with E-state index in [-0.39, 0.29) is 12.8 Å². The highest BCUT2D eigenvalue weighted by molar-refractivity contribution is 5.96.